The van der Waals surface area contributed by atoms with Crippen molar-refractivity contribution in [2.45, 2.75) is 77.7 Å². The Labute approximate surface area is 165 Å². The quantitative estimate of drug-likeness (QED) is 0.434. The molecule has 6 heteroatoms. The van der Waals surface area contributed by atoms with Gasteiger partial charge >= 0.3 is 5.97 Å². The van der Waals surface area contributed by atoms with Crippen molar-refractivity contribution < 1.29 is 18.7 Å². The highest BCUT2D eigenvalue weighted by Crippen LogP contribution is 2.38. The lowest BCUT2D eigenvalue weighted by Gasteiger charge is -2.41. The second-order valence-electron chi connectivity index (χ2n) is 8.31. The van der Waals surface area contributed by atoms with Crippen LogP contribution in [-0.2, 0) is 14.0 Å². The van der Waals surface area contributed by atoms with E-state index in [0.717, 1.165) is 24.3 Å². The Morgan fingerprint density at radius 2 is 1.74 bits per heavy atom. The first-order valence-electron chi connectivity index (χ1n) is 9.80. The summed E-state index contributed by atoms with van der Waals surface area (Å²) >= 11 is 0. The first kappa shape index (κ1) is 23.5. The molecule has 2 atom stereocenters. The maximum Gasteiger partial charge on any atom is 0.331 e. The van der Waals surface area contributed by atoms with Crippen molar-refractivity contribution in [1.29, 1.82) is 0 Å². The molecule has 1 aromatic carbocycles. The molecule has 5 nitrogen and oxygen atoms in total. The van der Waals surface area contributed by atoms with Crippen LogP contribution in [0.1, 0.15) is 47.5 Å². The Kier molecular flexibility index (Phi) is 8.82. The van der Waals surface area contributed by atoms with E-state index >= 15 is 0 Å². The number of esters is 1. The van der Waals surface area contributed by atoms with Gasteiger partial charge in [0.05, 0.1) is 19.8 Å². The minimum absolute atomic E-state index is 0.0678. The highest BCUT2D eigenvalue weighted by atomic mass is 28.4. The molecular weight excluding hydrogens is 358 g/mol. The molecule has 0 fully saturated rings. The van der Waals surface area contributed by atoms with E-state index in [9.17, 15) is 4.79 Å². The van der Waals surface area contributed by atoms with Crippen LogP contribution in [0.2, 0.25) is 18.1 Å². The van der Waals surface area contributed by atoms with Crippen molar-refractivity contribution in [3.63, 3.8) is 0 Å². The molecular formula is C21H37NO4Si. The lowest BCUT2D eigenvalue weighted by molar-refractivity contribution is -0.146. The summed E-state index contributed by atoms with van der Waals surface area (Å²) in [5, 5.41) is 3.41. The lowest BCUT2D eigenvalue weighted by atomic mass is 10.1. The first-order valence-corrected chi connectivity index (χ1v) is 12.7. The van der Waals surface area contributed by atoms with E-state index in [4.69, 9.17) is 13.9 Å². The van der Waals surface area contributed by atoms with Crippen molar-refractivity contribution in [3.8, 4) is 5.75 Å². The summed E-state index contributed by atoms with van der Waals surface area (Å²) < 4.78 is 17.2. The summed E-state index contributed by atoms with van der Waals surface area (Å²) in [6.45, 7) is 15.3. The molecule has 0 aliphatic heterocycles. The van der Waals surface area contributed by atoms with Gasteiger partial charge in [-0.1, -0.05) is 34.1 Å². The average molecular weight is 396 g/mol. The maximum absolute atomic E-state index is 12.7. The van der Waals surface area contributed by atoms with E-state index in [2.05, 4.69) is 46.1 Å². The van der Waals surface area contributed by atoms with Gasteiger partial charge in [0.25, 0.3) is 0 Å². The molecule has 0 saturated heterocycles. The van der Waals surface area contributed by atoms with Crippen LogP contribution in [0.3, 0.4) is 0 Å². The minimum atomic E-state index is -2.04. The van der Waals surface area contributed by atoms with Crippen LogP contribution in [0.5, 0.6) is 5.75 Å². The van der Waals surface area contributed by atoms with Gasteiger partial charge in [0, 0.05) is 5.69 Å². The van der Waals surface area contributed by atoms with Crippen molar-refractivity contribution in [3.05, 3.63) is 24.3 Å². The third-order valence-corrected chi connectivity index (χ3v) is 9.65. The predicted molar refractivity (Wildman–Crippen MR) is 114 cm³/mol. The minimum Gasteiger partial charge on any atom is -0.497 e. The highest BCUT2D eigenvalue weighted by molar-refractivity contribution is 6.74. The summed E-state index contributed by atoms with van der Waals surface area (Å²) in [7, 11) is -0.403. The van der Waals surface area contributed by atoms with Crippen LogP contribution in [-0.4, -0.2) is 40.1 Å². The molecule has 0 bridgehead atoms. The SMILES string of the molecule is CCC[C@H](O[Si](C)(C)C(C)(C)C)[C@H](Nc1ccc(OC)cc1)C(=O)OCC. The molecule has 154 valence electrons. The van der Waals surface area contributed by atoms with E-state index in [1.54, 1.807) is 7.11 Å². The molecule has 27 heavy (non-hydrogen) atoms. The second-order valence-corrected chi connectivity index (χ2v) is 13.1. The fourth-order valence-electron chi connectivity index (χ4n) is 2.54. The van der Waals surface area contributed by atoms with E-state index in [1.807, 2.05) is 31.2 Å². The molecule has 1 aromatic rings. The Morgan fingerprint density at radius 1 is 1.15 bits per heavy atom. The Bertz CT molecular complexity index is 581. The fourth-order valence-corrected chi connectivity index (χ4v) is 3.90. The van der Waals surface area contributed by atoms with Crippen molar-refractivity contribution in [1.82, 2.24) is 0 Å². The topological polar surface area (TPSA) is 56.8 Å². The van der Waals surface area contributed by atoms with Crippen molar-refractivity contribution in [2.75, 3.05) is 19.0 Å². The number of rotatable bonds is 10. The lowest BCUT2D eigenvalue weighted by Crippen LogP contribution is -2.51. The second kappa shape index (κ2) is 10.1. The predicted octanol–water partition coefficient (Wildman–Crippen LogP) is 5.23. The van der Waals surface area contributed by atoms with Crippen LogP contribution in [0.15, 0.2) is 24.3 Å². The zero-order valence-electron chi connectivity index (χ0n) is 18.2. The monoisotopic (exact) mass is 395 g/mol. The summed E-state index contributed by atoms with van der Waals surface area (Å²) in [5.74, 6) is 0.501. The van der Waals surface area contributed by atoms with E-state index in [-0.39, 0.29) is 17.1 Å². The smallest absolute Gasteiger partial charge is 0.331 e. The average Bonchev–Trinajstić information content (AvgIpc) is 2.59. The Balaban J connectivity index is 3.13. The van der Waals surface area contributed by atoms with Gasteiger partial charge in [0.15, 0.2) is 8.32 Å². The van der Waals surface area contributed by atoms with Crippen LogP contribution in [0, 0.1) is 0 Å². The third-order valence-electron chi connectivity index (χ3n) is 5.15. The van der Waals surface area contributed by atoms with Gasteiger partial charge in [0.2, 0.25) is 0 Å². The van der Waals surface area contributed by atoms with Crippen molar-refractivity contribution >= 4 is 20.0 Å². The number of nitrogens with one attached hydrogen (secondary N) is 1. The number of hydrogen-bond donors (Lipinski definition) is 1. The van der Waals surface area contributed by atoms with Gasteiger partial charge in [-0.05, 0) is 55.7 Å². The normalized spacial score (nSPS) is 14.4. The molecule has 0 aliphatic carbocycles. The van der Waals surface area contributed by atoms with Gasteiger partial charge < -0.3 is 19.2 Å². The fraction of sp³-hybridized carbons (Fsp3) is 0.667. The number of methoxy groups -OCH3 is 1. The molecule has 1 rings (SSSR count). The standard InChI is InChI=1S/C21H37NO4Si/c1-9-11-18(26-27(7,8)21(3,4)5)19(20(23)25-10-2)22-16-12-14-17(24-6)15-13-16/h12-15,18-19,22H,9-11H2,1-8H3/t18-,19-/m0/s1. The number of ether oxygens (including phenoxy) is 2. The number of hydrogen-bond acceptors (Lipinski definition) is 5. The Morgan fingerprint density at radius 3 is 2.19 bits per heavy atom. The number of carbonyl (C=O) groups excluding carboxylic acids is 1. The zero-order valence-corrected chi connectivity index (χ0v) is 19.2. The summed E-state index contributed by atoms with van der Waals surface area (Å²) in [4.78, 5) is 12.7. The van der Waals surface area contributed by atoms with Gasteiger partial charge in [-0.3, -0.25) is 0 Å². The molecule has 0 radical (unpaired) electrons. The molecule has 0 aliphatic rings. The number of carbonyl (C=O) groups is 1. The van der Waals surface area contributed by atoms with Crippen LogP contribution < -0.4 is 10.1 Å². The first-order chi connectivity index (χ1) is 12.6. The number of benzene rings is 1. The molecule has 0 unspecified atom stereocenters. The maximum atomic E-state index is 12.7. The third kappa shape index (κ3) is 6.85. The van der Waals surface area contributed by atoms with Gasteiger partial charge in [-0.15, -0.1) is 0 Å². The molecule has 0 spiro atoms. The van der Waals surface area contributed by atoms with E-state index in [0.29, 0.717) is 6.61 Å². The molecule has 0 heterocycles. The highest BCUT2D eigenvalue weighted by Gasteiger charge is 2.42. The van der Waals surface area contributed by atoms with Gasteiger partial charge in [0.1, 0.15) is 11.8 Å². The van der Waals surface area contributed by atoms with Gasteiger partial charge in [-0.25, -0.2) is 4.79 Å². The van der Waals surface area contributed by atoms with Crippen LogP contribution in [0.4, 0.5) is 5.69 Å². The van der Waals surface area contributed by atoms with E-state index in [1.165, 1.54) is 0 Å². The summed E-state index contributed by atoms with van der Waals surface area (Å²) in [6.07, 6.45) is 1.48. The molecule has 0 saturated carbocycles. The summed E-state index contributed by atoms with van der Waals surface area (Å²) in [6, 6.07) is 7.00. The summed E-state index contributed by atoms with van der Waals surface area (Å²) in [5.41, 5.74) is 0.841. The zero-order chi connectivity index (χ0) is 20.7. The Hall–Kier alpha value is -1.53. The van der Waals surface area contributed by atoms with E-state index < -0.39 is 14.4 Å². The number of anilines is 1. The van der Waals surface area contributed by atoms with Gasteiger partial charge in [-0.2, -0.15) is 0 Å². The van der Waals surface area contributed by atoms with Crippen LogP contribution in [0.25, 0.3) is 0 Å². The van der Waals surface area contributed by atoms with Crippen LogP contribution >= 0.6 is 0 Å². The molecule has 0 aromatic heterocycles. The molecule has 0 amide bonds. The molecule has 1 N–H and O–H groups in total. The van der Waals surface area contributed by atoms with Crippen molar-refractivity contribution in [2.24, 2.45) is 0 Å². The largest absolute Gasteiger partial charge is 0.497 e.